The smallest absolute Gasteiger partial charge is 0.234 e. The molecule has 0 fully saturated rings. The molecule has 0 spiro atoms. The van der Waals surface area contributed by atoms with Gasteiger partial charge >= 0.3 is 0 Å². The molecule has 0 rings (SSSR count). The Balaban J connectivity index is 0. The molecule has 19 heavy (non-hydrogen) atoms. The van der Waals surface area contributed by atoms with Gasteiger partial charge in [0.05, 0.1) is 10.5 Å². The first-order chi connectivity index (χ1) is 8.57. The minimum absolute atomic E-state index is 0.0434. The fraction of sp³-hybridized carbons (Fsp3) is 0.769. The van der Waals surface area contributed by atoms with Gasteiger partial charge in [-0.25, -0.2) is 0 Å². The Kier molecular flexibility index (Phi) is 10.7. The van der Waals surface area contributed by atoms with E-state index in [-0.39, 0.29) is 5.41 Å². The zero-order valence-electron chi connectivity index (χ0n) is 12.7. The molecule has 0 saturated heterocycles. The Bertz CT molecular complexity index is 310. The van der Waals surface area contributed by atoms with Crippen LogP contribution in [-0.2, 0) is 0 Å². The molecule has 0 saturated carbocycles. The van der Waals surface area contributed by atoms with Gasteiger partial charge in [-0.2, -0.15) is 8.79 Å². The first kappa shape index (κ1) is 21.1. The minimum atomic E-state index is -0.645. The predicted octanol–water partition coefficient (Wildman–Crippen LogP) is 3.95. The number of aliphatic hydroxyl groups is 1. The van der Waals surface area contributed by atoms with E-state index in [2.05, 4.69) is 38.0 Å². The van der Waals surface area contributed by atoms with Gasteiger partial charge in [0.25, 0.3) is 0 Å². The van der Waals surface area contributed by atoms with E-state index >= 15 is 0 Å². The summed E-state index contributed by atoms with van der Waals surface area (Å²) < 4.78 is 15.3. The van der Waals surface area contributed by atoms with Crippen molar-refractivity contribution in [3.05, 3.63) is 11.1 Å². The quantitative estimate of drug-likeness (QED) is 0.532. The van der Waals surface area contributed by atoms with Crippen LogP contribution in [0.25, 0.3) is 0 Å². The Morgan fingerprint density at radius 2 is 1.89 bits per heavy atom. The van der Waals surface area contributed by atoms with Gasteiger partial charge in [0.15, 0.2) is 0 Å². The summed E-state index contributed by atoms with van der Waals surface area (Å²) >= 11 is 4.55. The Morgan fingerprint density at radius 3 is 2.00 bits per heavy atom. The summed E-state index contributed by atoms with van der Waals surface area (Å²) in [5.74, 6) is -0.645. The fourth-order valence-corrected chi connectivity index (χ4v) is 1.73. The lowest BCUT2D eigenvalue weighted by molar-refractivity contribution is -0.0396. The number of hydrogen-bond donors (Lipinski definition) is 3. The van der Waals surface area contributed by atoms with E-state index in [0.717, 1.165) is 19.0 Å². The van der Waals surface area contributed by atoms with E-state index < -0.39 is 11.6 Å². The average Bonchev–Trinajstić information content (AvgIpc) is 2.29. The number of allylic oxidation sites excluding steroid dienone is 1. The molecule has 0 aliphatic heterocycles. The highest BCUT2D eigenvalue weighted by molar-refractivity contribution is 8.03. The molecule has 0 aromatic carbocycles. The van der Waals surface area contributed by atoms with Crippen molar-refractivity contribution < 1.29 is 9.50 Å². The van der Waals surface area contributed by atoms with Gasteiger partial charge in [-0.1, -0.05) is 27.2 Å². The molecule has 0 aromatic rings. The van der Waals surface area contributed by atoms with Crippen molar-refractivity contribution in [3.8, 4) is 0 Å². The molecule has 6 heteroatoms. The lowest BCUT2D eigenvalue weighted by atomic mass is 9.74. The van der Waals surface area contributed by atoms with Crippen LogP contribution >= 0.6 is 24.6 Å². The van der Waals surface area contributed by atoms with Gasteiger partial charge < -0.3 is 10.8 Å². The monoisotopic (exact) mass is 310 g/mol. The average molecular weight is 311 g/mol. The summed E-state index contributed by atoms with van der Waals surface area (Å²) in [5, 5.41) is 9.68. The molecule has 0 atom stereocenters. The number of thiol groups is 1. The molecular formula is C13H27FN2OS2. The van der Waals surface area contributed by atoms with Crippen molar-refractivity contribution in [2.45, 2.75) is 53.1 Å². The molecule has 0 aliphatic rings. The van der Waals surface area contributed by atoms with Crippen molar-refractivity contribution >= 4 is 30.5 Å². The van der Waals surface area contributed by atoms with Gasteiger partial charge in [-0.3, -0.25) is 0 Å². The number of thioether (sulfide) groups is 1. The van der Waals surface area contributed by atoms with Gasteiger partial charge in [0.2, 0.25) is 5.97 Å². The van der Waals surface area contributed by atoms with Gasteiger partial charge in [-0.05, 0) is 44.8 Å². The number of rotatable bonds is 5. The molecule has 3 N–H and O–H groups in total. The number of hydrogen-bond acceptors (Lipinski definition) is 5. The molecule has 0 aromatic heterocycles. The standard InChI is InChI=1S/C9H20O.C4H7FN2S2/c1-6-7-8(2,3)9(4,5)10;1-9-3(2-6)4(5)7-8/h10H,6-7H2,1-5H3;2,8H,6H2,1H3/b;3-2+,7-4-. The van der Waals surface area contributed by atoms with Crippen molar-refractivity contribution in [2.24, 2.45) is 15.5 Å². The maximum atomic E-state index is 12.3. The number of halogens is 1. The maximum Gasteiger partial charge on any atom is 0.234 e. The van der Waals surface area contributed by atoms with Crippen LogP contribution in [0.4, 0.5) is 4.39 Å². The third-order valence-electron chi connectivity index (χ3n) is 3.19. The van der Waals surface area contributed by atoms with Crippen molar-refractivity contribution in [2.75, 3.05) is 6.26 Å². The fourth-order valence-electron chi connectivity index (χ4n) is 1.20. The van der Waals surface area contributed by atoms with E-state index in [1.807, 2.05) is 13.8 Å². The van der Waals surface area contributed by atoms with Crippen LogP contribution in [0.5, 0.6) is 0 Å². The van der Waals surface area contributed by atoms with E-state index in [9.17, 15) is 9.50 Å². The Hall–Kier alpha value is -0.200. The van der Waals surface area contributed by atoms with Crippen LogP contribution in [0.1, 0.15) is 47.5 Å². The molecule has 0 heterocycles. The number of nitrogens with zero attached hydrogens (tertiary/aromatic N) is 1. The lowest BCUT2D eigenvalue weighted by Crippen LogP contribution is -2.38. The second-order valence-corrected chi connectivity index (χ2v) is 6.37. The van der Waals surface area contributed by atoms with E-state index in [1.165, 1.54) is 11.8 Å². The van der Waals surface area contributed by atoms with E-state index in [4.69, 9.17) is 5.73 Å². The minimum Gasteiger partial charge on any atom is -0.404 e. The highest BCUT2D eigenvalue weighted by Gasteiger charge is 2.33. The van der Waals surface area contributed by atoms with Gasteiger partial charge in [-0.15, -0.1) is 11.8 Å². The molecule has 114 valence electrons. The molecule has 0 bridgehead atoms. The third kappa shape index (κ3) is 8.55. The zero-order chi connectivity index (χ0) is 15.7. The third-order valence-corrected chi connectivity index (χ3v) is 4.11. The van der Waals surface area contributed by atoms with Crippen molar-refractivity contribution in [1.82, 2.24) is 0 Å². The van der Waals surface area contributed by atoms with Crippen LogP contribution in [0.15, 0.2) is 15.5 Å². The summed E-state index contributed by atoms with van der Waals surface area (Å²) in [5.41, 5.74) is 4.51. The second kappa shape index (κ2) is 9.66. The van der Waals surface area contributed by atoms with Gasteiger partial charge in [0, 0.05) is 6.20 Å². The van der Waals surface area contributed by atoms with E-state index in [0.29, 0.717) is 4.91 Å². The highest BCUT2D eigenvalue weighted by atomic mass is 32.2. The predicted molar refractivity (Wildman–Crippen MR) is 88.3 cm³/mol. The normalized spacial score (nSPS) is 13.9. The zero-order valence-corrected chi connectivity index (χ0v) is 14.4. The Morgan fingerprint density at radius 1 is 1.42 bits per heavy atom. The molecule has 0 aliphatic carbocycles. The van der Waals surface area contributed by atoms with Crippen LogP contribution < -0.4 is 5.73 Å². The van der Waals surface area contributed by atoms with Crippen LogP contribution in [-0.4, -0.2) is 22.9 Å². The Labute approximate surface area is 126 Å². The summed E-state index contributed by atoms with van der Waals surface area (Å²) in [7, 11) is 0. The van der Waals surface area contributed by atoms with Crippen LogP contribution in [0, 0.1) is 5.41 Å². The summed E-state index contributed by atoms with van der Waals surface area (Å²) in [6, 6.07) is 0. The summed E-state index contributed by atoms with van der Waals surface area (Å²) in [6.07, 6.45) is 5.07. The highest BCUT2D eigenvalue weighted by Crippen LogP contribution is 2.34. The van der Waals surface area contributed by atoms with Crippen LogP contribution in [0.2, 0.25) is 0 Å². The summed E-state index contributed by atoms with van der Waals surface area (Å²) in [6.45, 7) is 10.1. The van der Waals surface area contributed by atoms with Crippen LogP contribution in [0.3, 0.4) is 0 Å². The maximum absolute atomic E-state index is 12.3. The molecule has 0 radical (unpaired) electrons. The molecular weight excluding hydrogens is 283 g/mol. The molecule has 3 nitrogen and oxygen atoms in total. The van der Waals surface area contributed by atoms with Gasteiger partial charge in [0.1, 0.15) is 0 Å². The van der Waals surface area contributed by atoms with Crippen molar-refractivity contribution in [1.29, 1.82) is 0 Å². The summed E-state index contributed by atoms with van der Waals surface area (Å²) in [4.78, 5) is 0.296. The van der Waals surface area contributed by atoms with E-state index in [1.54, 1.807) is 6.26 Å². The topological polar surface area (TPSA) is 58.6 Å². The molecule has 0 amide bonds. The lowest BCUT2D eigenvalue weighted by Gasteiger charge is -2.37. The SMILES string of the molecule is CCCC(C)(C)C(C)(C)O.CSC(=C/N)/C(F)=N/S. The first-order valence-electron chi connectivity index (χ1n) is 6.13. The second-order valence-electron chi connectivity index (χ2n) is 5.32. The molecule has 0 unspecified atom stereocenters. The first-order valence-corrected chi connectivity index (χ1v) is 7.76. The largest absolute Gasteiger partial charge is 0.404 e. The number of nitrogens with two attached hydrogens (primary N) is 1. The van der Waals surface area contributed by atoms with Crippen molar-refractivity contribution in [3.63, 3.8) is 0 Å².